The van der Waals surface area contributed by atoms with Crippen molar-refractivity contribution < 1.29 is 9.59 Å². The Labute approximate surface area is 190 Å². The van der Waals surface area contributed by atoms with Gasteiger partial charge >= 0.3 is 0 Å². The molecular weight excluding hydrogens is 400 g/mol. The summed E-state index contributed by atoms with van der Waals surface area (Å²) in [6.45, 7) is 11.7. The molecule has 32 heavy (non-hydrogen) atoms. The Morgan fingerprint density at radius 3 is 2.41 bits per heavy atom. The van der Waals surface area contributed by atoms with E-state index in [4.69, 9.17) is 4.98 Å². The maximum Gasteiger partial charge on any atom is 0.252 e. The number of nitrogens with zero attached hydrogens (tertiary/aromatic N) is 3. The van der Waals surface area contributed by atoms with Crippen LogP contribution in [0.15, 0.2) is 42.5 Å². The molecule has 3 rings (SSSR count). The number of para-hydroxylation sites is 2. The molecule has 6 heteroatoms. The number of benzene rings is 2. The summed E-state index contributed by atoms with van der Waals surface area (Å²) >= 11 is 0. The minimum Gasteiger partial charge on any atom is -0.342 e. The lowest BCUT2D eigenvalue weighted by molar-refractivity contribution is -0.131. The Morgan fingerprint density at radius 2 is 1.75 bits per heavy atom. The molecule has 1 aromatic heterocycles. The van der Waals surface area contributed by atoms with Gasteiger partial charge in [-0.1, -0.05) is 43.7 Å². The van der Waals surface area contributed by atoms with E-state index in [-0.39, 0.29) is 24.4 Å². The van der Waals surface area contributed by atoms with Crippen LogP contribution < -0.4 is 5.32 Å². The lowest BCUT2D eigenvalue weighted by Crippen LogP contribution is -2.36. The first kappa shape index (κ1) is 23.5. The zero-order valence-electron chi connectivity index (χ0n) is 19.8. The number of carbonyl (C=O) groups is 2. The summed E-state index contributed by atoms with van der Waals surface area (Å²) in [7, 11) is 0. The van der Waals surface area contributed by atoms with Crippen LogP contribution in [0.1, 0.15) is 67.0 Å². The molecule has 6 nitrogen and oxygen atoms in total. The van der Waals surface area contributed by atoms with Crippen molar-refractivity contribution in [2.75, 3.05) is 13.1 Å². The second-order valence-electron chi connectivity index (χ2n) is 8.44. The normalized spacial score (nSPS) is 12.0. The smallest absolute Gasteiger partial charge is 0.252 e. The third kappa shape index (κ3) is 5.18. The highest BCUT2D eigenvalue weighted by Crippen LogP contribution is 2.22. The summed E-state index contributed by atoms with van der Waals surface area (Å²) in [4.78, 5) is 32.8. The third-order valence-electron chi connectivity index (χ3n) is 5.68. The summed E-state index contributed by atoms with van der Waals surface area (Å²) in [5.74, 6) is 0.621. The zero-order chi connectivity index (χ0) is 23.3. The van der Waals surface area contributed by atoms with Gasteiger partial charge in [-0.15, -0.1) is 0 Å². The van der Waals surface area contributed by atoms with E-state index in [0.717, 1.165) is 48.1 Å². The molecule has 0 bridgehead atoms. The zero-order valence-corrected chi connectivity index (χ0v) is 19.8. The summed E-state index contributed by atoms with van der Waals surface area (Å²) in [5, 5.41) is 3.08. The molecule has 2 amide bonds. The molecule has 0 spiro atoms. The summed E-state index contributed by atoms with van der Waals surface area (Å²) in [5.41, 5.74) is 4.43. The Balaban J connectivity index is 1.90. The summed E-state index contributed by atoms with van der Waals surface area (Å²) < 4.78 is 1.95. The lowest BCUT2D eigenvalue weighted by Gasteiger charge is -2.23. The number of nitrogens with one attached hydrogen (secondary N) is 1. The number of aryl methyl sites for hydroxylation is 2. The Hall–Kier alpha value is -3.15. The number of hydrogen-bond donors (Lipinski definition) is 1. The third-order valence-corrected chi connectivity index (χ3v) is 5.68. The molecule has 0 aliphatic carbocycles. The van der Waals surface area contributed by atoms with E-state index in [1.807, 2.05) is 72.7 Å². The van der Waals surface area contributed by atoms with Crippen molar-refractivity contribution in [2.24, 2.45) is 0 Å². The topological polar surface area (TPSA) is 67.2 Å². The van der Waals surface area contributed by atoms with Gasteiger partial charge in [-0.2, -0.15) is 0 Å². The number of imidazole rings is 1. The molecule has 1 heterocycles. The number of amides is 2. The van der Waals surface area contributed by atoms with Crippen LogP contribution in [0.4, 0.5) is 0 Å². The molecule has 1 N–H and O–H groups in total. The molecule has 170 valence electrons. The monoisotopic (exact) mass is 434 g/mol. The van der Waals surface area contributed by atoms with Crippen LogP contribution in [0.3, 0.4) is 0 Å². The fourth-order valence-electron chi connectivity index (χ4n) is 4.13. The van der Waals surface area contributed by atoms with Gasteiger partial charge in [0.05, 0.1) is 17.1 Å². The molecule has 3 aromatic rings. The molecule has 1 atom stereocenters. The van der Waals surface area contributed by atoms with E-state index in [2.05, 4.69) is 19.2 Å². The molecule has 0 fully saturated rings. The molecular formula is C26H34N4O2. The molecule has 0 saturated carbocycles. The Kier molecular flexibility index (Phi) is 7.67. The standard InChI is InChI=1S/C26H34N4O2/c1-6-14-29(15-7-2)24(31)17-30-23-11-9-8-10-22(23)28-25(30)20(5)27-26(32)21-13-12-18(3)16-19(21)4/h8-13,16,20H,6-7,14-15,17H2,1-5H3,(H,27,32). The van der Waals surface area contributed by atoms with Crippen molar-refractivity contribution in [2.45, 2.75) is 60.0 Å². The largest absolute Gasteiger partial charge is 0.342 e. The molecule has 0 aliphatic rings. The van der Waals surface area contributed by atoms with Crippen LogP contribution in [0.25, 0.3) is 11.0 Å². The fourth-order valence-corrected chi connectivity index (χ4v) is 4.13. The van der Waals surface area contributed by atoms with Gasteiger partial charge in [-0.25, -0.2) is 4.98 Å². The predicted molar refractivity (Wildman–Crippen MR) is 129 cm³/mol. The number of rotatable bonds is 9. The maximum atomic E-state index is 13.1. The van der Waals surface area contributed by atoms with E-state index < -0.39 is 0 Å². The number of fused-ring (bicyclic) bond motifs is 1. The first-order valence-electron chi connectivity index (χ1n) is 11.5. The van der Waals surface area contributed by atoms with Crippen LogP contribution in [0, 0.1) is 13.8 Å². The maximum absolute atomic E-state index is 13.1. The first-order chi connectivity index (χ1) is 15.3. The van der Waals surface area contributed by atoms with Gasteiger partial charge in [0.15, 0.2) is 0 Å². The number of carbonyl (C=O) groups excluding carboxylic acids is 2. The predicted octanol–water partition coefficient (Wildman–Crippen LogP) is 4.79. The van der Waals surface area contributed by atoms with E-state index in [0.29, 0.717) is 11.4 Å². The Bertz CT molecular complexity index is 1100. The van der Waals surface area contributed by atoms with Gasteiger partial charge in [-0.3, -0.25) is 9.59 Å². The van der Waals surface area contributed by atoms with Gasteiger partial charge in [0.2, 0.25) is 5.91 Å². The van der Waals surface area contributed by atoms with E-state index in [1.165, 1.54) is 0 Å². The van der Waals surface area contributed by atoms with Crippen molar-refractivity contribution in [1.29, 1.82) is 0 Å². The van der Waals surface area contributed by atoms with Crippen molar-refractivity contribution in [1.82, 2.24) is 19.8 Å². The lowest BCUT2D eigenvalue weighted by atomic mass is 10.0. The minimum atomic E-state index is -0.353. The van der Waals surface area contributed by atoms with Crippen molar-refractivity contribution in [3.05, 3.63) is 65.0 Å². The highest BCUT2D eigenvalue weighted by molar-refractivity contribution is 5.96. The highest BCUT2D eigenvalue weighted by Gasteiger charge is 2.22. The molecule has 1 unspecified atom stereocenters. The van der Waals surface area contributed by atoms with Gasteiger partial charge in [0, 0.05) is 18.7 Å². The first-order valence-corrected chi connectivity index (χ1v) is 11.5. The van der Waals surface area contributed by atoms with Gasteiger partial charge in [0.1, 0.15) is 12.4 Å². The molecule has 0 radical (unpaired) electrons. The summed E-state index contributed by atoms with van der Waals surface area (Å²) in [6, 6.07) is 13.2. The summed E-state index contributed by atoms with van der Waals surface area (Å²) in [6.07, 6.45) is 1.84. The van der Waals surface area contributed by atoms with Crippen LogP contribution in [-0.2, 0) is 11.3 Å². The average Bonchev–Trinajstić information content (AvgIpc) is 3.12. The quantitative estimate of drug-likeness (QED) is 0.526. The second kappa shape index (κ2) is 10.4. The molecule has 0 saturated heterocycles. The van der Waals surface area contributed by atoms with Crippen molar-refractivity contribution in [3.8, 4) is 0 Å². The fraction of sp³-hybridized carbons (Fsp3) is 0.423. The van der Waals surface area contributed by atoms with Crippen LogP contribution in [0.2, 0.25) is 0 Å². The van der Waals surface area contributed by atoms with Crippen LogP contribution in [-0.4, -0.2) is 39.4 Å². The average molecular weight is 435 g/mol. The van der Waals surface area contributed by atoms with Gasteiger partial charge in [0.25, 0.3) is 5.91 Å². The van der Waals surface area contributed by atoms with Crippen molar-refractivity contribution in [3.63, 3.8) is 0 Å². The van der Waals surface area contributed by atoms with Gasteiger partial charge in [-0.05, 0) is 57.4 Å². The van der Waals surface area contributed by atoms with Crippen molar-refractivity contribution >= 4 is 22.8 Å². The number of aromatic nitrogens is 2. The second-order valence-corrected chi connectivity index (χ2v) is 8.44. The van der Waals surface area contributed by atoms with Crippen LogP contribution in [0.5, 0.6) is 0 Å². The van der Waals surface area contributed by atoms with Crippen LogP contribution >= 0.6 is 0 Å². The minimum absolute atomic E-state index is 0.0750. The SMILES string of the molecule is CCCN(CCC)C(=O)Cn1c(C(C)NC(=O)c2ccc(C)cc2C)nc2ccccc21. The highest BCUT2D eigenvalue weighted by atomic mass is 16.2. The number of hydrogen-bond acceptors (Lipinski definition) is 3. The van der Waals surface area contributed by atoms with E-state index >= 15 is 0 Å². The van der Waals surface area contributed by atoms with E-state index in [1.54, 1.807) is 0 Å². The van der Waals surface area contributed by atoms with Gasteiger partial charge < -0.3 is 14.8 Å². The Morgan fingerprint density at radius 1 is 1.06 bits per heavy atom. The molecule has 0 aliphatic heterocycles. The van der Waals surface area contributed by atoms with E-state index in [9.17, 15) is 9.59 Å². The molecule has 2 aromatic carbocycles.